The number of hydrogen-bond acceptors (Lipinski definition) is 4. The van der Waals surface area contributed by atoms with Gasteiger partial charge in [-0.3, -0.25) is 9.59 Å². The topological polar surface area (TPSA) is 107 Å². The lowest BCUT2D eigenvalue weighted by Crippen LogP contribution is -2.28. The van der Waals surface area contributed by atoms with Crippen molar-refractivity contribution in [2.45, 2.75) is 25.3 Å². The number of benzene rings is 1. The highest BCUT2D eigenvalue weighted by atomic mass is 16.5. The van der Waals surface area contributed by atoms with Crippen LogP contribution in [0, 0.1) is 5.92 Å². The third kappa shape index (κ3) is 4.55. The lowest BCUT2D eigenvalue weighted by atomic mass is 10.1. The highest BCUT2D eigenvalue weighted by Gasteiger charge is 2.29. The van der Waals surface area contributed by atoms with Crippen LogP contribution in [0.15, 0.2) is 24.3 Å². The van der Waals surface area contributed by atoms with E-state index in [-0.39, 0.29) is 18.6 Å². The summed E-state index contributed by atoms with van der Waals surface area (Å²) in [5.41, 5.74) is 11.5. The zero-order valence-electron chi connectivity index (χ0n) is 11.2. The van der Waals surface area contributed by atoms with E-state index in [9.17, 15) is 9.59 Å². The van der Waals surface area contributed by atoms with E-state index in [0.717, 1.165) is 12.8 Å². The van der Waals surface area contributed by atoms with E-state index in [4.69, 9.17) is 16.2 Å². The second-order valence-electron chi connectivity index (χ2n) is 5.04. The van der Waals surface area contributed by atoms with E-state index >= 15 is 0 Å². The fraction of sp³-hybridized carbons (Fsp3) is 0.429. The van der Waals surface area contributed by atoms with Crippen LogP contribution in [0.1, 0.15) is 19.3 Å². The molecule has 2 amide bonds. The van der Waals surface area contributed by atoms with Gasteiger partial charge in [0, 0.05) is 24.2 Å². The lowest BCUT2D eigenvalue weighted by molar-refractivity contribution is -0.120. The largest absolute Gasteiger partial charge is 0.484 e. The average molecular weight is 277 g/mol. The van der Waals surface area contributed by atoms with Gasteiger partial charge in [-0.2, -0.15) is 0 Å². The number of carbonyl (C=O) groups is 2. The maximum atomic E-state index is 11.8. The minimum atomic E-state index is -0.546. The van der Waals surface area contributed by atoms with Gasteiger partial charge in [-0.25, -0.2) is 0 Å². The Balaban J connectivity index is 1.86. The molecule has 0 heterocycles. The Morgan fingerprint density at radius 2 is 2.15 bits per heavy atom. The first kappa shape index (κ1) is 14.3. The number of nitrogens with two attached hydrogens (primary N) is 2. The molecule has 0 aliphatic heterocycles. The molecule has 20 heavy (non-hydrogen) atoms. The van der Waals surface area contributed by atoms with Crippen molar-refractivity contribution in [1.82, 2.24) is 0 Å². The van der Waals surface area contributed by atoms with Crippen LogP contribution in [0.25, 0.3) is 0 Å². The summed E-state index contributed by atoms with van der Waals surface area (Å²) in [4.78, 5) is 22.5. The molecule has 108 valence electrons. The standard InChI is InChI=1S/C14H19N3O3/c15-12(9-4-5-9)7-14(19)17-10-2-1-3-11(6-10)20-8-13(16)18/h1-3,6,9,12H,4-5,7-8,15H2,(H2,16,18)(H,17,19). The molecule has 6 nitrogen and oxygen atoms in total. The van der Waals surface area contributed by atoms with Crippen molar-refractivity contribution in [2.75, 3.05) is 11.9 Å². The van der Waals surface area contributed by atoms with Crippen molar-refractivity contribution >= 4 is 17.5 Å². The van der Waals surface area contributed by atoms with Gasteiger partial charge in [0.05, 0.1) is 0 Å². The molecular weight excluding hydrogens is 258 g/mol. The normalized spacial score (nSPS) is 15.4. The van der Waals surface area contributed by atoms with Gasteiger partial charge in [-0.1, -0.05) is 6.07 Å². The Bertz CT molecular complexity index is 500. The molecule has 0 radical (unpaired) electrons. The number of anilines is 1. The van der Waals surface area contributed by atoms with Gasteiger partial charge < -0.3 is 21.5 Å². The third-order valence-electron chi connectivity index (χ3n) is 3.15. The first-order chi connectivity index (χ1) is 9.54. The molecule has 1 aromatic carbocycles. The van der Waals surface area contributed by atoms with Crippen molar-refractivity contribution in [2.24, 2.45) is 17.4 Å². The number of carbonyl (C=O) groups excluding carboxylic acids is 2. The summed E-state index contributed by atoms with van der Waals surface area (Å²) >= 11 is 0. The fourth-order valence-corrected chi connectivity index (χ4v) is 1.94. The number of rotatable bonds is 7. The first-order valence-corrected chi connectivity index (χ1v) is 6.61. The summed E-state index contributed by atoms with van der Waals surface area (Å²) in [5.74, 6) is 0.311. The van der Waals surface area contributed by atoms with Gasteiger partial charge in [-0.05, 0) is 30.9 Å². The van der Waals surface area contributed by atoms with Gasteiger partial charge in [-0.15, -0.1) is 0 Å². The Labute approximate surface area is 117 Å². The maximum absolute atomic E-state index is 11.8. The molecule has 6 heteroatoms. The van der Waals surface area contributed by atoms with E-state index in [1.54, 1.807) is 24.3 Å². The summed E-state index contributed by atoms with van der Waals surface area (Å²) in [6.07, 6.45) is 2.55. The van der Waals surface area contributed by atoms with E-state index < -0.39 is 5.91 Å². The summed E-state index contributed by atoms with van der Waals surface area (Å²) in [6, 6.07) is 6.74. The Hall–Kier alpha value is -2.08. The highest BCUT2D eigenvalue weighted by Crippen LogP contribution is 2.32. The molecule has 1 atom stereocenters. The molecule has 1 fully saturated rings. The van der Waals surface area contributed by atoms with Crippen molar-refractivity contribution in [3.05, 3.63) is 24.3 Å². The van der Waals surface area contributed by atoms with Crippen LogP contribution in [0.5, 0.6) is 5.75 Å². The zero-order valence-corrected chi connectivity index (χ0v) is 11.2. The van der Waals surface area contributed by atoms with E-state index in [2.05, 4.69) is 5.32 Å². The molecule has 1 aromatic rings. The second-order valence-corrected chi connectivity index (χ2v) is 5.04. The maximum Gasteiger partial charge on any atom is 0.255 e. The molecule has 1 aliphatic rings. The number of nitrogens with one attached hydrogen (secondary N) is 1. The highest BCUT2D eigenvalue weighted by molar-refractivity contribution is 5.91. The SMILES string of the molecule is NC(=O)COc1cccc(NC(=O)CC(N)C2CC2)c1. The van der Waals surface area contributed by atoms with Crippen LogP contribution in [0.3, 0.4) is 0 Å². The number of amides is 2. The van der Waals surface area contributed by atoms with Crippen LogP contribution in [0.2, 0.25) is 0 Å². The van der Waals surface area contributed by atoms with Crippen LogP contribution < -0.4 is 21.5 Å². The molecule has 1 saturated carbocycles. The van der Waals surface area contributed by atoms with Gasteiger partial charge in [0.2, 0.25) is 5.91 Å². The zero-order chi connectivity index (χ0) is 14.5. The molecule has 5 N–H and O–H groups in total. The predicted molar refractivity (Wildman–Crippen MR) is 75.1 cm³/mol. The molecule has 0 spiro atoms. The van der Waals surface area contributed by atoms with Gasteiger partial charge in [0.25, 0.3) is 5.91 Å². The number of primary amides is 1. The third-order valence-corrected chi connectivity index (χ3v) is 3.15. The van der Waals surface area contributed by atoms with Crippen LogP contribution in [-0.2, 0) is 9.59 Å². The number of ether oxygens (including phenoxy) is 1. The van der Waals surface area contributed by atoms with Crippen molar-refractivity contribution in [1.29, 1.82) is 0 Å². The lowest BCUT2D eigenvalue weighted by Gasteiger charge is -2.11. The molecular formula is C14H19N3O3. The quantitative estimate of drug-likeness (QED) is 0.678. The monoisotopic (exact) mass is 277 g/mol. The van der Waals surface area contributed by atoms with Crippen molar-refractivity contribution in [3.8, 4) is 5.75 Å². The van der Waals surface area contributed by atoms with Gasteiger partial charge >= 0.3 is 0 Å². The summed E-state index contributed by atoms with van der Waals surface area (Å²) in [5, 5.41) is 2.77. The Morgan fingerprint density at radius 1 is 1.40 bits per heavy atom. The molecule has 0 aromatic heterocycles. The molecule has 2 rings (SSSR count). The minimum absolute atomic E-state index is 0.0655. The van der Waals surface area contributed by atoms with Crippen molar-refractivity contribution < 1.29 is 14.3 Å². The van der Waals surface area contributed by atoms with Crippen LogP contribution in [0.4, 0.5) is 5.69 Å². The molecule has 1 unspecified atom stereocenters. The summed E-state index contributed by atoms with van der Waals surface area (Å²) in [7, 11) is 0. The van der Waals surface area contributed by atoms with Crippen LogP contribution >= 0.6 is 0 Å². The molecule has 1 aliphatic carbocycles. The van der Waals surface area contributed by atoms with Gasteiger partial charge in [0.15, 0.2) is 6.61 Å². The smallest absolute Gasteiger partial charge is 0.255 e. The summed E-state index contributed by atoms with van der Waals surface area (Å²) in [6.45, 7) is -0.191. The van der Waals surface area contributed by atoms with Gasteiger partial charge in [0.1, 0.15) is 5.75 Å². The first-order valence-electron chi connectivity index (χ1n) is 6.61. The fourth-order valence-electron chi connectivity index (χ4n) is 1.94. The Kier molecular flexibility index (Phi) is 4.57. The molecule has 0 bridgehead atoms. The number of hydrogen-bond donors (Lipinski definition) is 3. The minimum Gasteiger partial charge on any atom is -0.484 e. The van der Waals surface area contributed by atoms with E-state index in [1.165, 1.54) is 0 Å². The second kappa shape index (κ2) is 6.38. The van der Waals surface area contributed by atoms with E-state index in [1.807, 2.05) is 0 Å². The summed E-state index contributed by atoms with van der Waals surface area (Å²) < 4.78 is 5.17. The molecule has 0 saturated heterocycles. The Morgan fingerprint density at radius 3 is 2.80 bits per heavy atom. The predicted octanol–water partition coefficient (Wildman–Crippen LogP) is 0.617. The van der Waals surface area contributed by atoms with Crippen LogP contribution in [-0.4, -0.2) is 24.5 Å². The average Bonchev–Trinajstić information content (AvgIpc) is 3.20. The van der Waals surface area contributed by atoms with Crippen molar-refractivity contribution in [3.63, 3.8) is 0 Å². The van der Waals surface area contributed by atoms with E-state index in [0.29, 0.717) is 23.8 Å².